The van der Waals surface area contributed by atoms with Crippen molar-refractivity contribution in [3.8, 4) is 11.5 Å². The summed E-state index contributed by atoms with van der Waals surface area (Å²) in [5, 5.41) is 2.84. The number of para-hydroxylation sites is 2. The van der Waals surface area contributed by atoms with Crippen LogP contribution in [0.4, 0.5) is 5.69 Å². The van der Waals surface area contributed by atoms with Crippen molar-refractivity contribution in [3.63, 3.8) is 0 Å². The standard InChI is InChI=1S/C19H18N2O4S/c1-11(2)21-13-8-7-12(9-17(13)26-19(21)23)20-18(22)16-10-24-14-5-3-4-6-15(14)25-16/h3-9,11,16H,10H2,1-2H3,(H,20,22). The second-order valence-electron chi connectivity index (χ2n) is 6.37. The maximum Gasteiger partial charge on any atom is 0.308 e. The first-order valence-corrected chi connectivity index (χ1v) is 9.19. The van der Waals surface area contributed by atoms with Crippen LogP contribution in [0.2, 0.25) is 0 Å². The van der Waals surface area contributed by atoms with Gasteiger partial charge >= 0.3 is 4.87 Å². The van der Waals surface area contributed by atoms with Gasteiger partial charge in [0.25, 0.3) is 5.91 Å². The molecule has 0 saturated carbocycles. The van der Waals surface area contributed by atoms with E-state index >= 15 is 0 Å². The van der Waals surface area contributed by atoms with E-state index in [2.05, 4.69) is 5.32 Å². The molecule has 7 heteroatoms. The van der Waals surface area contributed by atoms with E-state index in [9.17, 15) is 9.59 Å². The number of aromatic nitrogens is 1. The summed E-state index contributed by atoms with van der Waals surface area (Å²) in [5.41, 5.74) is 1.50. The lowest BCUT2D eigenvalue weighted by Crippen LogP contribution is -2.40. The van der Waals surface area contributed by atoms with Crippen LogP contribution in [0.25, 0.3) is 10.2 Å². The molecule has 1 atom stereocenters. The van der Waals surface area contributed by atoms with E-state index in [-0.39, 0.29) is 23.4 Å². The Morgan fingerprint density at radius 1 is 1.23 bits per heavy atom. The minimum atomic E-state index is -0.723. The summed E-state index contributed by atoms with van der Waals surface area (Å²) in [5.74, 6) is 0.911. The zero-order valence-corrected chi connectivity index (χ0v) is 15.2. The minimum absolute atomic E-state index is 0.000836. The number of nitrogens with zero attached hydrogens (tertiary/aromatic N) is 1. The predicted octanol–water partition coefficient (Wildman–Crippen LogP) is 3.42. The molecule has 0 saturated heterocycles. The van der Waals surface area contributed by atoms with Gasteiger partial charge in [-0.1, -0.05) is 23.5 Å². The summed E-state index contributed by atoms with van der Waals surface area (Å²) < 4.78 is 13.9. The topological polar surface area (TPSA) is 69.6 Å². The molecule has 134 valence electrons. The third kappa shape index (κ3) is 2.94. The van der Waals surface area contributed by atoms with Gasteiger partial charge < -0.3 is 14.8 Å². The number of amides is 1. The molecule has 1 aromatic heterocycles. The van der Waals surface area contributed by atoms with Crippen LogP contribution in [-0.2, 0) is 4.79 Å². The fourth-order valence-electron chi connectivity index (χ4n) is 2.97. The molecule has 0 radical (unpaired) electrons. The molecular weight excluding hydrogens is 352 g/mol. The maximum absolute atomic E-state index is 12.5. The van der Waals surface area contributed by atoms with Crippen molar-refractivity contribution in [1.29, 1.82) is 0 Å². The lowest BCUT2D eigenvalue weighted by molar-refractivity contribution is -0.125. The van der Waals surface area contributed by atoms with Gasteiger partial charge in [-0.3, -0.25) is 14.2 Å². The van der Waals surface area contributed by atoms with E-state index in [1.807, 2.05) is 38.1 Å². The fourth-order valence-corrected chi connectivity index (χ4v) is 4.03. The van der Waals surface area contributed by atoms with Crippen molar-refractivity contribution in [1.82, 2.24) is 4.57 Å². The van der Waals surface area contributed by atoms with Crippen LogP contribution in [-0.4, -0.2) is 23.2 Å². The number of benzene rings is 2. The highest BCUT2D eigenvalue weighted by atomic mass is 32.1. The fraction of sp³-hybridized carbons (Fsp3) is 0.263. The van der Waals surface area contributed by atoms with Gasteiger partial charge in [-0.25, -0.2) is 0 Å². The molecule has 1 unspecified atom stereocenters. The summed E-state index contributed by atoms with van der Waals surface area (Å²) in [4.78, 5) is 24.6. The zero-order valence-electron chi connectivity index (χ0n) is 14.4. The third-order valence-electron chi connectivity index (χ3n) is 4.20. The van der Waals surface area contributed by atoms with Crippen LogP contribution in [0.1, 0.15) is 19.9 Å². The molecule has 1 aliphatic heterocycles. The molecule has 0 aliphatic carbocycles. The first-order valence-electron chi connectivity index (χ1n) is 8.37. The van der Waals surface area contributed by atoms with Crippen molar-refractivity contribution in [2.45, 2.75) is 26.0 Å². The Hall–Kier alpha value is -2.80. The summed E-state index contributed by atoms with van der Waals surface area (Å²) >= 11 is 1.17. The SMILES string of the molecule is CC(C)n1c(=O)sc2cc(NC(=O)C3COc4ccccc4O3)ccc21. The van der Waals surface area contributed by atoms with E-state index in [1.165, 1.54) is 11.3 Å². The number of fused-ring (bicyclic) bond motifs is 2. The third-order valence-corrected chi connectivity index (χ3v) is 5.12. The zero-order chi connectivity index (χ0) is 18.3. The van der Waals surface area contributed by atoms with Crippen LogP contribution < -0.4 is 19.7 Å². The average Bonchev–Trinajstić information content (AvgIpc) is 2.96. The van der Waals surface area contributed by atoms with Crippen molar-refractivity contribution < 1.29 is 14.3 Å². The second kappa shape index (κ2) is 6.49. The number of hydrogen-bond acceptors (Lipinski definition) is 5. The van der Waals surface area contributed by atoms with Crippen molar-refractivity contribution in [2.75, 3.05) is 11.9 Å². The molecule has 3 aromatic rings. The first kappa shape index (κ1) is 16.7. The number of rotatable bonds is 3. The molecule has 4 rings (SSSR count). The quantitative estimate of drug-likeness (QED) is 0.767. The average molecular weight is 370 g/mol. The monoisotopic (exact) mass is 370 g/mol. The Labute approximate surface area is 154 Å². The molecule has 1 N–H and O–H groups in total. The van der Waals surface area contributed by atoms with Crippen LogP contribution in [0.3, 0.4) is 0 Å². The number of thiazole rings is 1. The number of ether oxygens (including phenoxy) is 2. The molecule has 0 bridgehead atoms. The van der Waals surface area contributed by atoms with Crippen LogP contribution >= 0.6 is 11.3 Å². The van der Waals surface area contributed by atoms with Crippen LogP contribution in [0, 0.1) is 0 Å². The van der Waals surface area contributed by atoms with Crippen molar-refractivity contribution >= 4 is 33.1 Å². The molecular formula is C19H18N2O4S. The van der Waals surface area contributed by atoms with Gasteiger partial charge in [0.2, 0.25) is 6.10 Å². The molecule has 1 aliphatic rings. The second-order valence-corrected chi connectivity index (χ2v) is 7.36. The molecule has 0 fully saturated rings. The summed E-state index contributed by atoms with van der Waals surface area (Å²) in [6.45, 7) is 4.10. The normalized spacial score (nSPS) is 16.0. The summed E-state index contributed by atoms with van der Waals surface area (Å²) in [6, 6.07) is 12.8. The molecule has 6 nitrogen and oxygen atoms in total. The molecule has 2 aromatic carbocycles. The summed E-state index contributed by atoms with van der Waals surface area (Å²) in [7, 11) is 0. The van der Waals surface area contributed by atoms with Gasteiger partial charge in [0.05, 0.1) is 10.2 Å². The lowest BCUT2D eigenvalue weighted by atomic mass is 10.2. The summed E-state index contributed by atoms with van der Waals surface area (Å²) in [6.07, 6.45) is -0.723. The van der Waals surface area contributed by atoms with E-state index in [4.69, 9.17) is 9.47 Å². The Balaban J connectivity index is 1.54. The number of nitrogens with one attached hydrogen (secondary N) is 1. The maximum atomic E-state index is 12.5. The lowest BCUT2D eigenvalue weighted by Gasteiger charge is -2.25. The predicted molar refractivity (Wildman–Crippen MR) is 101 cm³/mol. The Kier molecular flexibility index (Phi) is 4.16. The number of carbonyl (C=O) groups is 1. The smallest absolute Gasteiger partial charge is 0.308 e. The van der Waals surface area contributed by atoms with Crippen molar-refractivity contribution in [2.24, 2.45) is 0 Å². The van der Waals surface area contributed by atoms with E-state index < -0.39 is 6.10 Å². The Bertz CT molecular complexity index is 1040. The largest absolute Gasteiger partial charge is 0.485 e. The Morgan fingerprint density at radius 2 is 2.00 bits per heavy atom. The molecule has 1 amide bonds. The van der Waals surface area contributed by atoms with E-state index in [0.717, 1.165) is 10.2 Å². The van der Waals surface area contributed by atoms with Gasteiger partial charge in [-0.05, 0) is 44.2 Å². The first-order chi connectivity index (χ1) is 12.5. The van der Waals surface area contributed by atoms with Gasteiger partial charge in [-0.15, -0.1) is 0 Å². The minimum Gasteiger partial charge on any atom is -0.485 e. The molecule has 0 spiro atoms. The van der Waals surface area contributed by atoms with Gasteiger partial charge in [-0.2, -0.15) is 0 Å². The number of carbonyl (C=O) groups excluding carboxylic acids is 1. The highest BCUT2D eigenvalue weighted by Gasteiger charge is 2.27. The van der Waals surface area contributed by atoms with E-state index in [0.29, 0.717) is 17.2 Å². The molecule has 2 heterocycles. The number of hydrogen-bond donors (Lipinski definition) is 1. The van der Waals surface area contributed by atoms with Gasteiger partial charge in [0.1, 0.15) is 6.61 Å². The van der Waals surface area contributed by atoms with Gasteiger partial charge in [0, 0.05) is 11.7 Å². The molecule has 26 heavy (non-hydrogen) atoms. The van der Waals surface area contributed by atoms with Crippen LogP contribution in [0.5, 0.6) is 11.5 Å². The van der Waals surface area contributed by atoms with E-state index in [1.54, 1.807) is 22.8 Å². The van der Waals surface area contributed by atoms with Gasteiger partial charge in [0.15, 0.2) is 11.5 Å². The highest BCUT2D eigenvalue weighted by molar-refractivity contribution is 7.16. The van der Waals surface area contributed by atoms with Crippen molar-refractivity contribution in [3.05, 3.63) is 52.1 Å². The van der Waals surface area contributed by atoms with Crippen LogP contribution in [0.15, 0.2) is 47.3 Å². The highest BCUT2D eigenvalue weighted by Crippen LogP contribution is 2.31. The Morgan fingerprint density at radius 3 is 2.77 bits per heavy atom. The number of anilines is 1.